The Morgan fingerprint density at radius 3 is 2.50 bits per heavy atom. The van der Waals surface area contributed by atoms with Crippen LogP contribution in [0, 0.1) is 0 Å². The molecule has 0 aliphatic rings. The Kier molecular flexibility index (Phi) is 6.70. The molecule has 1 aromatic rings. The van der Waals surface area contributed by atoms with Crippen molar-refractivity contribution in [2.45, 2.75) is 17.7 Å². The van der Waals surface area contributed by atoms with Gasteiger partial charge in [-0.2, -0.15) is 11.8 Å². The molecular weight excluding hydrogens is 268 g/mol. The summed E-state index contributed by atoms with van der Waals surface area (Å²) in [6.45, 7) is 1.05. The average Bonchev–Trinajstić information content (AvgIpc) is 2.36. The van der Waals surface area contributed by atoms with E-state index in [0.717, 1.165) is 24.2 Å². The molecule has 0 fully saturated rings. The number of sulfonamides is 1. The summed E-state index contributed by atoms with van der Waals surface area (Å²) in [4.78, 5) is 0.312. The minimum Gasteiger partial charge on any atom is -0.330 e. The van der Waals surface area contributed by atoms with Gasteiger partial charge in [-0.25, -0.2) is 13.1 Å². The summed E-state index contributed by atoms with van der Waals surface area (Å²) in [6.07, 6.45) is 3.61. The van der Waals surface area contributed by atoms with Gasteiger partial charge in [-0.3, -0.25) is 0 Å². The summed E-state index contributed by atoms with van der Waals surface area (Å²) in [7, 11) is -3.36. The monoisotopic (exact) mass is 288 g/mol. The van der Waals surface area contributed by atoms with E-state index in [1.807, 2.05) is 18.4 Å². The molecule has 0 radical (unpaired) electrons. The predicted molar refractivity (Wildman–Crippen MR) is 77.4 cm³/mol. The molecule has 3 N–H and O–H groups in total. The van der Waals surface area contributed by atoms with Crippen molar-refractivity contribution in [2.75, 3.05) is 25.1 Å². The molecule has 0 amide bonds. The first-order valence-corrected chi connectivity index (χ1v) is 8.75. The Hall–Kier alpha value is -0.560. The van der Waals surface area contributed by atoms with Crippen molar-refractivity contribution in [2.24, 2.45) is 5.73 Å². The van der Waals surface area contributed by atoms with E-state index in [1.165, 1.54) is 0 Å². The fraction of sp³-hybridized carbons (Fsp3) is 0.500. The molecule has 0 unspecified atom stereocenters. The van der Waals surface area contributed by atoms with Crippen LogP contribution in [0.3, 0.4) is 0 Å². The molecule has 0 atom stereocenters. The quantitative estimate of drug-likeness (QED) is 0.706. The van der Waals surface area contributed by atoms with Gasteiger partial charge in [0.2, 0.25) is 10.0 Å². The first-order valence-electron chi connectivity index (χ1n) is 5.88. The predicted octanol–water partition coefficient (Wildman–Crippen LogP) is 1.22. The van der Waals surface area contributed by atoms with Crippen LogP contribution in [0.5, 0.6) is 0 Å². The van der Waals surface area contributed by atoms with E-state index in [2.05, 4.69) is 4.72 Å². The Bertz CT molecular complexity index is 444. The zero-order valence-corrected chi connectivity index (χ0v) is 12.2. The minimum absolute atomic E-state index is 0.312. The minimum atomic E-state index is -3.36. The summed E-state index contributed by atoms with van der Waals surface area (Å²) in [5.74, 6) is 0.956. The number of thioether (sulfide) groups is 1. The largest absolute Gasteiger partial charge is 0.330 e. The van der Waals surface area contributed by atoms with Crippen LogP contribution in [0.1, 0.15) is 12.0 Å². The number of hydrogen-bond donors (Lipinski definition) is 2. The maximum Gasteiger partial charge on any atom is 0.240 e. The lowest BCUT2D eigenvalue weighted by Crippen LogP contribution is -2.25. The third-order valence-corrected chi connectivity index (χ3v) is 4.66. The first-order chi connectivity index (χ1) is 8.60. The smallest absolute Gasteiger partial charge is 0.240 e. The Morgan fingerprint density at radius 1 is 1.28 bits per heavy atom. The Labute approximate surface area is 113 Å². The topological polar surface area (TPSA) is 72.2 Å². The summed E-state index contributed by atoms with van der Waals surface area (Å²) in [6, 6.07) is 6.87. The van der Waals surface area contributed by atoms with E-state index < -0.39 is 10.0 Å². The summed E-state index contributed by atoms with van der Waals surface area (Å²) in [5, 5.41) is 0. The van der Waals surface area contributed by atoms with Gasteiger partial charge in [0.15, 0.2) is 0 Å². The highest BCUT2D eigenvalue weighted by Crippen LogP contribution is 2.10. The molecule has 0 spiro atoms. The van der Waals surface area contributed by atoms with Crippen LogP contribution in [0.2, 0.25) is 0 Å². The Balaban J connectivity index is 2.61. The molecule has 0 saturated heterocycles. The first kappa shape index (κ1) is 15.5. The fourth-order valence-corrected chi connectivity index (χ4v) is 3.02. The summed E-state index contributed by atoms with van der Waals surface area (Å²) >= 11 is 1.71. The van der Waals surface area contributed by atoms with E-state index >= 15 is 0 Å². The van der Waals surface area contributed by atoms with Gasteiger partial charge in [0.1, 0.15) is 0 Å². The molecule has 18 heavy (non-hydrogen) atoms. The van der Waals surface area contributed by atoms with E-state index in [9.17, 15) is 8.42 Å². The van der Waals surface area contributed by atoms with Crippen LogP contribution < -0.4 is 10.5 Å². The zero-order chi connectivity index (χ0) is 13.4. The molecule has 1 aromatic carbocycles. The molecule has 0 saturated carbocycles. The van der Waals surface area contributed by atoms with Crippen molar-refractivity contribution >= 4 is 21.8 Å². The van der Waals surface area contributed by atoms with Gasteiger partial charge >= 0.3 is 0 Å². The van der Waals surface area contributed by atoms with Crippen molar-refractivity contribution in [1.29, 1.82) is 0 Å². The molecule has 0 aliphatic carbocycles. The van der Waals surface area contributed by atoms with Crippen LogP contribution in [0.4, 0.5) is 0 Å². The fourth-order valence-electron chi connectivity index (χ4n) is 1.51. The number of nitrogens with two attached hydrogens (primary N) is 1. The van der Waals surface area contributed by atoms with Gasteiger partial charge in [-0.15, -0.1) is 0 Å². The standard InChI is InChI=1S/C12H20N2O2S2/c1-17-10-2-9-14-18(15,16)12-5-3-11(4-6-12)7-8-13/h3-6,14H,2,7-10,13H2,1H3. The molecule has 4 nitrogen and oxygen atoms in total. The highest BCUT2D eigenvalue weighted by atomic mass is 32.2. The van der Waals surface area contributed by atoms with Gasteiger partial charge in [0, 0.05) is 6.54 Å². The van der Waals surface area contributed by atoms with Gasteiger partial charge in [0.25, 0.3) is 0 Å². The maximum absolute atomic E-state index is 11.9. The van der Waals surface area contributed by atoms with Crippen molar-refractivity contribution in [3.05, 3.63) is 29.8 Å². The second-order valence-electron chi connectivity index (χ2n) is 3.93. The molecule has 0 aromatic heterocycles. The molecule has 1 rings (SSSR count). The number of benzene rings is 1. The molecule has 0 bridgehead atoms. The third-order valence-electron chi connectivity index (χ3n) is 2.48. The maximum atomic E-state index is 11.9. The molecule has 0 aliphatic heterocycles. The van der Waals surface area contributed by atoms with E-state index in [1.54, 1.807) is 23.9 Å². The number of hydrogen-bond acceptors (Lipinski definition) is 4. The van der Waals surface area contributed by atoms with Crippen molar-refractivity contribution in [3.63, 3.8) is 0 Å². The second kappa shape index (κ2) is 7.78. The number of nitrogens with one attached hydrogen (secondary N) is 1. The van der Waals surface area contributed by atoms with E-state index in [0.29, 0.717) is 18.0 Å². The summed E-state index contributed by atoms with van der Waals surface area (Å²) in [5.41, 5.74) is 6.50. The highest BCUT2D eigenvalue weighted by molar-refractivity contribution is 7.98. The van der Waals surface area contributed by atoms with Gasteiger partial charge in [0.05, 0.1) is 4.90 Å². The average molecular weight is 288 g/mol. The molecular formula is C12H20N2O2S2. The lowest BCUT2D eigenvalue weighted by Gasteiger charge is -2.07. The van der Waals surface area contributed by atoms with E-state index in [-0.39, 0.29) is 0 Å². The van der Waals surface area contributed by atoms with Crippen LogP contribution in [-0.2, 0) is 16.4 Å². The van der Waals surface area contributed by atoms with Crippen molar-refractivity contribution in [1.82, 2.24) is 4.72 Å². The van der Waals surface area contributed by atoms with Gasteiger partial charge < -0.3 is 5.73 Å². The molecule has 102 valence electrons. The molecule has 6 heteroatoms. The van der Waals surface area contributed by atoms with E-state index in [4.69, 9.17) is 5.73 Å². The van der Waals surface area contributed by atoms with Gasteiger partial charge in [-0.1, -0.05) is 12.1 Å². The normalized spacial score (nSPS) is 11.7. The van der Waals surface area contributed by atoms with Crippen molar-refractivity contribution < 1.29 is 8.42 Å². The van der Waals surface area contributed by atoms with Crippen LogP contribution in [0.25, 0.3) is 0 Å². The highest BCUT2D eigenvalue weighted by Gasteiger charge is 2.12. The third kappa shape index (κ3) is 4.97. The lowest BCUT2D eigenvalue weighted by atomic mass is 10.2. The summed E-state index contributed by atoms with van der Waals surface area (Å²) < 4.78 is 26.4. The van der Waals surface area contributed by atoms with Crippen LogP contribution in [0.15, 0.2) is 29.2 Å². The SMILES string of the molecule is CSCCCNS(=O)(=O)c1ccc(CCN)cc1. The Morgan fingerprint density at radius 2 is 1.94 bits per heavy atom. The van der Waals surface area contributed by atoms with Gasteiger partial charge in [-0.05, 0) is 49.1 Å². The van der Waals surface area contributed by atoms with Crippen LogP contribution >= 0.6 is 11.8 Å². The van der Waals surface area contributed by atoms with Crippen LogP contribution in [-0.4, -0.2) is 33.5 Å². The van der Waals surface area contributed by atoms with Crippen molar-refractivity contribution in [3.8, 4) is 0 Å². The lowest BCUT2D eigenvalue weighted by molar-refractivity contribution is 0.581. The number of rotatable bonds is 8. The zero-order valence-electron chi connectivity index (χ0n) is 10.6. The second-order valence-corrected chi connectivity index (χ2v) is 6.68. The molecule has 0 heterocycles.